The fourth-order valence-corrected chi connectivity index (χ4v) is 2.17. The van der Waals surface area contributed by atoms with Crippen LogP contribution in [0.15, 0.2) is 48.8 Å². The Kier molecular flexibility index (Phi) is 2.83. The molecule has 2 aromatic heterocycles. The fourth-order valence-electron chi connectivity index (χ4n) is 2.17. The van der Waals surface area contributed by atoms with E-state index in [1.54, 1.807) is 41.2 Å². The lowest BCUT2D eigenvalue weighted by Gasteiger charge is -2.05. The molecule has 0 aliphatic heterocycles. The molecule has 3 nitrogen and oxygen atoms in total. The van der Waals surface area contributed by atoms with Crippen LogP contribution in [0, 0.1) is 5.82 Å². The first-order valence-electron chi connectivity index (χ1n) is 5.92. The van der Waals surface area contributed by atoms with Gasteiger partial charge in [0.05, 0.1) is 6.54 Å². The number of aromatic nitrogens is 2. The second-order valence-corrected chi connectivity index (χ2v) is 4.30. The minimum Gasteiger partial charge on any atom is -0.327 e. The van der Waals surface area contributed by atoms with Crippen molar-refractivity contribution in [2.75, 3.05) is 0 Å². The molecule has 0 unspecified atom stereocenters. The van der Waals surface area contributed by atoms with Crippen LogP contribution in [-0.4, -0.2) is 15.8 Å². The van der Waals surface area contributed by atoms with E-state index in [1.807, 2.05) is 6.07 Å². The van der Waals surface area contributed by atoms with Crippen LogP contribution in [0.1, 0.15) is 15.9 Å². The second kappa shape index (κ2) is 4.65. The molecule has 0 amide bonds. The molecule has 94 valence electrons. The zero-order chi connectivity index (χ0) is 13.2. The maximum atomic E-state index is 13.7. The van der Waals surface area contributed by atoms with Crippen LogP contribution in [0.2, 0.25) is 0 Å². The van der Waals surface area contributed by atoms with Gasteiger partial charge in [-0.3, -0.25) is 4.79 Å². The average molecular weight is 254 g/mol. The molecule has 0 aliphatic rings. The highest BCUT2D eigenvalue weighted by atomic mass is 19.1. The number of aldehydes is 1. The van der Waals surface area contributed by atoms with Gasteiger partial charge >= 0.3 is 0 Å². The van der Waals surface area contributed by atoms with E-state index in [9.17, 15) is 9.18 Å². The number of halogens is 1. The molecule has 3 aromatic rings. The predicted molar refractivity (Wildman–Crippen MR) is 70.6 cm³/mol. The van der Waals surface area contributed by atoms with Gasteiger partial charge < -0.3 is 4.57 Å². The van der Waals surface area contributed by atoms with Crippen LogP contribution >= 0.6 is 0 Å². The summed E-state index contributed by atoms with van der Waals surface area (Å²) in [4.78, 5) is 15.3. The van der Waals surface area contributed by atoms with Crippen molar-refractivity contribution in [2.45, 2.75) is 6.54 Å². The van der Waals surface area contributed by atoms with Crippen molar-refractivity contribution < 1.29 is 9.18 Å². The normalized spacial score (nSPS) is 10.8. The molecule has 1 aromatic carbocycles. The molecule has 19 heavy (non-hydrogen) atoms. The van der Waals surface area contributed by atoms with Gasteiger partial charge in [0.25, 0.3) is 0 Å². The molecular weight excluding hydrogens is 243 g/mol. The van der Waals surface area contributed by atoms with E-state index in [0.29, 0.717) is 23.3 Å². The van der Waals surface area contributed by atoms with Crippen LogP contribution < -0.4 is 0 Å². The third-order valence-corrected chi connectivity index (χ3v) is 3.09. The van der Waals surface area contributed by atoms with Crippen molar-refractivity contribution >= 4 is 17.3 Å². The lowest BCUT2D eigenvalue weighted by Crippen LogP contribution is -2.01. The number of fused-ring (bicyclic) bond motifs is 1. The Balaban J connectivity index is 2.11. The maximum Gasteiger partial charge on any atom is 0.152 e. The van der Waals surface area contributed by atoms with Gasteiger partial charge in [0.2, 0.25) is 0 Å². The summed E-state index contributed by atoms with van der Waals surface area (Å²) in [5.74, 6) is -0.257. The maximum absolute atomic E-state index is 13.7. The van der Waals surface area contributed by atoms with Gasteiger partial charge in [0, 0.05) is 28.9 Å². The highest BCUT2D eigenvalue weighted by Crippen LogP contribution is 2.19. The van der Waals surface area contributed by atoms with E-state index in [-0.39, 0.29) is 5.82 Å². The monoisotopic (exact) mass is 254 g/mol. The number of carbonyl (C=O) groups excluding carboxylic acids is 1. The molecule has 0 bridgehead atoms. The Morgan fingerprint density at radius 2 is 2.05 bits per heavy atom. The van der Waals surface area contributed by atoms with Crippen LogP contribution in [0.3, 0.4) is 0 Å². The topological polar surface area (TPSA) is 34.9 Å². The zero-order valence-electron chi connectivity index (χ0n) is 10.1. The van der Waals surface area contributed by atoms with Crippen molar-refractivity contribution in [3.63, 3.8) is 0 Å². The SMILES string of the molecule is O=Cc1cn(Cc2ccccc2F)c2ncccc12. The van der Waals surface area contributed by atoms with Gasteiger partial charge in [-0.25, -0.2) is 9.37 Å². The Morgan fingerprint density at radius 1 is 1.21 bits per heavy atom. The second-order valence-electron chi connectivity index (χ2n) is 4.30. The molecular formula is C15H11FN2O. The average Bonchev–Trinajstić information content (AvgIpc) is 2.80. The standard InChI is InChI=1S/C15H11FN2O/c16-14-6-2-1-4-11(14)8-18-9-12(10-19)13-5-3-7-17-15(13)18/h1-7,9-10H,8H2. The Morgan fingerprint density at radius 3 is 2.84 bits per heavy atom. The first kappa shape index (κ1) is 11.6. The third-order valence-electron chi connectivity index (χ3n) is 3.09. The molecule has 0 atom stereocenters. The number of nitrogens with zero attached hydrogens (tertiary/aromatic N) is 2. The summed E-state index contributed by atoms with van der Waals surface area (Å²) < 4.78 is 15.4. The molecule has 4 heteroatoms. The molecule has 2 heterocycles. The van der Waals surface area contributed by atoms with Gasteiger partial charge in [-0.2, -0.15) is 0 Å². The van der Waals surface area contributed by atoms with E-state index >= 15 is 0 Å². The van der Waals surface area contributed by atoms with Gasteiger partial charge in [-0.15, -0.1) is 0 Å². The van der Waals surface area contributed by atoms with Gasteiger partial charge in [-0.1, -0.05) is 18.2 Å². The summed E-state index contributed by atoms with van der Waals surface area (Å²) >= 11 is 0. The van der Waals surface area contributed by atoms with Gasteiger partial charge in [0.1, 0.15) is 11.5 Å². The first-order valence-corrected chi connectivity index (χ1v) is 5.92. The number of benzene rings is 1. The van der Waals surface area contributed by atoms with E-state index in [1.165, 1.54) is 6.07 Å². The Hall–Kier alpha value is -2.49. The van der Waals surface area contributed by atoms with Crippen molar-refractivity contribution in [1.82, 2.24) is 9.55 Å². The van der Waals surface area contributed by atoms with Crippen LogP contribution in [0.5, 0.6) is 0 Å². The molecule has 0 fully saturated rings. The lowest BCUT2D eigenvalue weighted by atomic mass is 10.2. The number of hydrogen-bond acceptors (Lipinski definition) is 2. The molecule has 0 saturated heterocycles. The summed E-state index contributed by atoms with van der Waals surface area (Å²) in [5.41, 5.74) is 1.83. The minimum absolute atomic E-state index is 0.257. The van der Waals surface area contributed by atoms with Crippen molar-refractivity contribution in [2.24, 2.45) is 0 Å². The number of rotatable bonds is 3. The van der Waals surface area contributed by atoms with E-state index in [2.05, 4.69) is 4.98 Å². The van der Waals surface area contributed by atoms with Crippen molar-refractivity contribution in [3.05, 3.63) is 65.7 Å². The van der Waals surface area contributed by atoms with Gasteiger partial charge in [-0.05, 0) is 18.2 Å². The van der Waals surface area contributed by atoms with E-state index in [0.717, 1.165) is 11.7 Å². The number of pyridine rings is 1. The quantitative estimate of drug-likeness (QED) is 0.673. The smallest absolute Gasteiger partial charge is 0.152 e. The zero-order valence-corrected chi connectivity index (χ0v) is 10.1. The highest BCUT2D eigenvalue weighted by Gasteiger charge is 2.10. The predicted octanol–water partition coefficient (Wildman–Crippen LogP) is 3.04. The molecule has 0 N–H and O–H groups in total. The fraction of sp³-hybridized carbons (Fsp3) is 0.0667. The summed E-state index contributed by atoms with van der Waals surface area (Å²) in [5, 5.41) is 0.786. The molecule has 0 spiro atoms. The van der Waals surface area contributed by atoms with Crippen molar-refractivity contribution in [3.8, 4) is 0 Å². The molecule has 0 aliphatic carbocycles. The first-order chi connectivity index (χ1) is 9.29. The minimum atomic E-state index is -0.257. The Labute approximate surface area is 109 Å². The molecule has 3 rings (SSSR count). The number of carbonyl (C=O) groups is 1. The van der Waals surface area contributed by atoms with Crippen LogP contribution in [-0.2, 0) is 6.54 Å². The Bertz CT molecular complexity index is 749. The summed E-state index contributed by atoms with van der Waals surface area (Å²) in [6, 6.07) is 10.2. The largest absolute Gasteiger partial charge is 0.327 e. The van der Waals surface area contributed by atoms with E-state index in [4.69, 9.17) is 0 Å². The van der Waals surface area contributed by atoms with Crippen molar-refractivity contribution in [1.29, 1.82) is 0 Å². The van der Waals surface area contributed by atoms with Gasteiger partial charge in [0.15, 0.2) is 6.29 Å². The summed E-state index contributed by atoms with van der Waals surface area (Å²) in [6.45, 7) is 0.355. The lowest BCUT2D eigenvalue weighted by molar-refractivity contribution is 0.112. The summed E-state index contributed by atoms with van der Waals surface area (Å²) in [7, 11) is 0. The van der Waals surface area contributed by atoms with E-state index < -0.39 is 0 Å². The molecule has 0 radical (unpaired) electrons. The number of hydrogen-bond donors (Lipinski definition) is 0. The summed E-state index contributed by atoms with van der Waals surface area (Å²) in [6.07, 6.45) is 4.16. The third kappa shape index (κ3) is 2.01. The van der Waals surface area contributed by atoms with Crippen LogP contribution in [0.4, 0.5) is 4.39 Å². The van der Waals surface area contributed by atoms with Crippen LogP contribution in [0.25, 0.3) is 11.0 Å². The highest BCUT2D eigenvalue weighted by molar-refractivity contribution is 5.95. The molecule has 0 saturated carbocycles.